The van der Waals surface area contributed by atoms with Crippen LogP contribution in [0.4, 0.5) is 5.82 Å². The minimum absolute atomic E-state index is 0.336. The molecule has 1 aliphatic heterocycles. The highest BCUT2D eigenvalue weighted by Crippen LogP contribution is 2.24. The number of pyridine rings is 1. The summed E-state index contributed by atoms with van der Waals surface area (Å²) in [6, 6.07) is 10.4. The second kappa shape index (κ2) is 11.0. The molecule has 0 unspecified atom stereocenters. The first-order valence-electron chi connectivity index (χ1n) is 10.2. The number of benzene rings is 1. The number of nitrogens with one attached hydrogen (secondary N) is 1. The normalized spacial score (nSPS) is 15.3. The molecule has 0 aliphatic carbocycles. The van der Waals surface area contributed by atoms with Crippen LogP contribution in [-0.2, 0) is 16.1 Å². The van der Waals surface area contributed by atoms with Crippen LogP contribution >= 0.6 is 11.6 Å². The van der Waals surface area contributed by atoms with E-state index < -0.39 is 0 Å². The standard InChI is InChI=1S/C23H28ClN3O3/c1-3-30-22(28)9-6-18-14-21(24)23(25-15-18)26-19-10-12-27(13-11-19)16-17-4-7-20(29-2)8-5-17/h4-9,14-15,19H,3,10-13,16H2,1-2H3,(H,25,26)/b9-6+. The average Bonchev–Trinajstić information content (AvgIpc) is 2.76. The number of anilines is 1. The number of hydrogen-bond donors (Lipinski definition) is 1. The van der Waals surface area contributed by atoms with Crippen molar-refractivity contribution in [3.05, 3.63) is 58.8 Å². The first-order chi connectivity index (χ1) is 14.6. The highest BCUT2D eigenvalue weighted by molar-refractivity contribution is 6.33. The summed E-state index contributed by atoms with van der Waals surface area (Å²) in [5.74, 6) is 1.18. The maximum Gasteiger partial charge on any atom is 0.330 e. The van der Waals surface area contributed by atoms with Gasteiger partial charge in [0.1, 0.15) is 11.6 Å². The van der Waals surface area contributed by atoms with Gasteiger partial charge in [-0.25, -0.2) is 9.78 Å². The molecule has 7 heteroatoms. The fourth-order valence-electron chi connectivity index (χ4n) is 3.42. The first kappa shape index (κ1) is 22.1. The number of rotatable bonds is 8. The summed E-state index contributed by atoms with van der Waals surface area (Å²) in [4.78, 5) is 18.3. The lowest BCUT2D eigenvalue weighted by atomic mass is 10.0. The molecule has 6 nitrogen and oxygen atoms in total. The first-order valence-corrected chi connectivity index (χ1v) is 10.6. The number of carbonyl (C=O) groups excluding carboxylic acids is 1. The van der Waals surface area contributed by atoms with Crippen molar-refractivity contribution in [1.82, 2.24) is 9.88 Å². The van der Waals surface area contributed by atoms with Gasteiger partial charge in [-0.15, -0.1) is 0 Å². The molecule has 0 saturated carbocycles. The summed E-state index contributed by atoms with van der Waals surface area (Å²) < 4.78 is 10.1. The quantitative estimate of drug-likeness (QED) is 0.495. The molecule has 1 N–H and O–H groups in total. The van der Waals surface area contributed by atoms with Crippen molar-refractivity contribution in [3.8, 4) is 5.75 Å². The Labute approximate surface area is 182 Å². The number of carbonyl (C=O) groups is 1. The maximum atomic E-state index is 11.4. The highest BCUT2D eigenvalue weighted by atomic mass is 35.5. The molecule has 2 heterocycles. The van der Waals surface area contributed by atoms with Crippen LogP contribution in [0.5, 0.6) is 5.75 Å². The third-order valence-electron chi connectivity index (χ3n) is 5.05. The van der Waals surface area contributed by atoms with Gasteiger partial charge in [0.25, 0.3) is 0 Å². The zero-order valence-corrected chi connectivity index (χ0v) is 18.2. The summed E-state index contributed by atoms with van der Waals surface area (Å²) in [5.41, 5.74) is 2.05. The molecule has 1 aromatic heterocycles. The van der Waals surface area contributed by atoms with E-state index >= 15 is 0 Å². The van der Waals surface area contributed by atoms with Crippen molar-refractivity contribution in [1.29, 1.82) is 0 Å². The summed E-state index contributed by atoms with van der Waals surface area (Å²) in [7, 11) is 1.68. The summed E-state index contributed by atoms with van der Waals surface area (Å²) in [6.45, 7) is 5.10. The van der Waals surface area contributed by atoms with Crippen molar-refractivity contribution in [2.24, 2.45) is 0 Å². The number of likely N-dealkylation sites (tertiary alicyclic amines) is 1. The van der Waals surface area contributed by atoms with Crippen LogP contribution in [0.2, 0.25) is 5.02 Å². The number of aromatic nitrogens is 1. The largest absolute Gasteiger partial charge is 0.497 e. The number of halogens is 1. The Morgan fingerprint density at radius 2 is 2.03 bits per heavy atom. The number of piperidine rings is 1. The van der Waals surface area contributed by atoms with Gasteiger partial charge in [0.2, 0.25) is 0 Å². The third kappa shape index (κ3) is 6.47. The highest BCUT2D eigenvalue weighted by Gasteiger charge is 2.20. The van der Waals surface area contributed by atoms with Crippen molar-refractivity contribution in [3.63, 3.8) is 0 Å². The average molecular weight is 430 g/mol. The monoisotopic (exact) mass is 429 g/mol. The Kier molecular flexibility index (Phi) is 8.11. The van der Waals surface area contributed by atoms with Crippen LogP contribution in [0.25, 0.3) is 6.08 Å². The number of methoxy groups -OCH3 is 1. The minimum atomic E-state index is -0.378. The molecule has 0 bridgehead atoms. The van der Waals surface area contributed by atoms with Crippen molar-refractivity contribution in [2.75, 3.05) is 32.1 Å². The summed E-state index contributed by atoms with van der Waals surface area (Å²) in [6.07, 6.45) is 6.78. The second-order valence-corrected chi connectivity index (χ2v) is 7.63. The molecule has 1 aliphatic rings. The molecule has 2 aromatic rings. The maximum absolute atomic E-state index is 11.4. The van der Waals surface area contributed by atoms with E-state index in [0.29, 0.717) is 23.5 Å². The number of ether oxygens (including phenoxy) is 2. The fraction of sp³-hybridized carbons (Fsp3) is 0.391. The Morgan fingerprint density at radius 1 is 1.30 bits per heavy atom. The van der Waals surface area contributed by atoms with Crippen molar-refractivity contribution in [2.45, 2.75) is 32.4 Å². The zero-order valence-electron chi connectivity index (χ0n) is 17.4. The Morgan fingerprint density at radius 3 is 2.67 bits per heavy atom. The lowest BCUT2D eigenvalue weighted by Crippen LogP contribution is -2.38. The molecule has 160 valence electrons. The summed E-state index contributed by atoms with van der Waals surface area (Å²) in [5, 5.41) is 4.00. The van der Waals surface area contributed by atoms with Gasteiger partial charge in [0.15, 0.2) is 0 Å². The molecule has 3 rings (SSSR count). The number of esters is 1. The lowest BCUT2D eigenvalue weighted by molar-refractivity contribution is -0.137. The van der Waals surface area contributed by atoms with Gasteiger partial charge in [-0.05, 0) is 55.2 Å². The zero-order chi connectivity index (χ0) is 21.3. The van der Waals surface area contributed by atoms with E-state index in [1.807, 2.05) is 12.1 Å². The van der Waals surface area contributed by atoms with E-state index in [9.17, 15) is 4.79 Å². The Bertz CT molecular complexity index is 862. The smallest absolute Gasteiger partial charge is 0.330 e. The van der Waals surface area contributed by atoms with Gasteiger partial charge in [-0.1, -0.05) is 23.7 Å². The molecule has 0 radical (unpaired) electrons. The van der Waals surface area contributed by atoms with E-state index in [-0.39, 0.29) is 5.97 Å². The predicted octanol–water partition coefficient (Wildman–Crippen LogP) is 4.40. The minimum Gasteiger partial charge on any atom is -0.497 e. The van der Waals surface area contributed by atoms with E-state index in [2.05, 4.69) is 27.3 Å². The van der Waals surface area contributed by atoms with Gasteiger partial charge in [-0.3, -0.25) is 4.90 Å². The van der Waals surface area contributed by atoms with Crippen LogP contribution in [-0.4, -0.2) is 48.7 Å². The molecule has 1 saturated heterocycles. The topological polar surface area (TPSA) is 63.7 Å². The molecule has 1 fully saturated rings. The van der Waals surface area contributed by atoms with Gasteiger partial charge in [0, 0.05) is 37.9 Å². The van der Waals surface area contributed by atoms with Crippen LogP contribution < -0.4 is 10.1 Å². The molecular formula is C23H28ClN3O3. The van der Waals surface area contributed by atoms with Gasteiger partial charge < -0.3 is 14.8 Å². The number of hydrogen-bond acceptors (Lipinski definition) is 6. The molecule has 1 aromatic carbocycles. The van der Waals surface area contributed by atoms with E-state index in [1.54, 1.807) is 32.4 Å². The van der Waals surface area contributed by atoms with Crippen molar-refractivity contribution < 1.29 is 14.3 Å². The van der Waals surface area contributed by atoms with E-state index in [1.165, 1.54) is 11.6 Å². The lowest BCUT2D eigenvalue weighted by Gasteiger charge is -2.32. The SMILES string of the molecule is CCOC(=O)/C=C/c1cnc(NC2CCN(Cc3ccc(OC)cc3)CC2)c(Cl)c1. The molecule has 0 spiro atoms. The predicted molar refractivity (Wildman–Crippen MR) is 120 cm³/mol. The second-order valence-electron chi connectivity index (χ2n) is 7.23. The van der Waals surface area contributed by atoms with Crippen LogP contribution in [0.3, 0.4) is 0 Å². The summed E-state index contributed by atoms with van der Waals surface area (Å²) >= 11 is 6.39. The van der Waals surface area contributed by atoms with Crippen LogP contribution in [0.1, 0.15) is 30.9 Å². The number of nitrogens with zero attached hydrogens (tertiary/aromatic N) is 2. The third-order valence-corrected chi connectivity index (χ3v) is 5.34. The van der Waals surface area contributed by atoms with Crippen LogP contribution in [0, 0.1) is 0 Å². The Hall–Kier alpha value is -2.57. The molecular weight excluding hydrogens is 402 g/mol. The van der Waals surface area contributed by atoms with E-state index in [4.69, 9.17) is 21.1 Å². The molecule has 30 heavy (non-hydrogen) atoms. The fourth-order valence-corrected chi connectivity index (χ4v) is 3.65. The molecule has 0 amide bonds. The van der Waals surface area contributed by atoms with E-state index in [0.717, 1.165) is 43.8 Å². The molecule has 0 atom stereocenters. The Balaban J connectivity index is 1.48. The van der Waals surface area contributed by atoms with Gasteiger partial charge in [0.05, 0.1) is 18.7 Å². The van der Waals surface area contributed by atoms with Crippen molar-refractivity contribution >= 4 is 29.5 Å². The van der Waals surface area contributed by atoms with Gasteiger partial charge in [-0.2, -0.15) is 0 Å². The van der Waals surface area contributed by atoms with Gasteiger partial charge >= 0.3 is 5.97 Å². The van der Waals surface area contributed by atoms with Crippen LogP contribution in [0.15, 0.2) is 42.6 Å².